The minimum Gasteiger partial charge on any atom is -0.314 e. The van der Waals surface area contributed by atoms with E-state index in [9.17, 15) is 0 Å². The van der Waals surface area contributed by atoms with Crippen LogP contribution in [-0.2, 0) is 0 Å². The molecule has 0 radical (unpaired) electrons. The lowest BCUT2D eigenvalue weighted by atomic mass is 10.2. The fraction of sp³-hybridized carbons (Fsp3) is 1.00. The summed E-state index contributed by atoms with van der Waals surface area (Å²) in [7, 11) is 0. The Kier molecular flexibility index (Phi) is 0.680. The molecule has 0 bridgehead atoms. The number of hydrogen-bond donors (Lipinski definition) is 1. The Bertz CT molecular complexity index is 70.2. The minimum absolute atomic E-state index is 0.953. The van der Waals surface area contributed by atoms with Gasteiger partial charge in [0.25, 0.3) is 0 Å². The van der Waals surface area contributed by atoms with Crippen LogP contribution < -0.4 is 5.32 Å². The number of nitrogens with one attached hydrogen (secondary N) is 1. The molecule has 0 unspecified atom stereocenters. The van der Waals surface area contributed by atoms with Gasteiger partial charge in [0.15, 0.2) is 0 Å². The molecule has 1 saturated heterocycles. The second kappa shape index (κ2) is 1.22. The predicted octanol–water partition coefficient (Wildman–Crippen LogP) is 0.758. The molecular weight excluding hydrogens is 86.1 g/mol. The van der Waals surface area contributed by atoms with Crippen molar-refractivity contribution >= 4 is 0 Å². The van der Waals surface area contributed by atoms with Crippen LogP contribution >= 0.6 is 0 Å². The van der Waals surface area contributed by atoms with Crippen molar-refractivity contribution < 1.29 is 0 Å². The van der Waals surface area contributed by atoms with Crippen LogP contribution in [0.3, 0.4) is 0 Å². The van der Waals surface area contributed by atoms with Crippen molar-refractivity contribution in [3.63, 3.8) is 0 Å². The van der Waals surface area contributed by atoms with Gasteiger partial charge < -0.3 is 5.32 Å². The second-order valence-electron chi connectivity index (χ2n) is 2.70. The van der Waals surface area contributed by atoms with Crippen LogP contribution in [0.2, 0.25) is 0 Å². The molecule has 0 aromatic rings. The maximum atomic E-state index is 3.46. The Morgan fingerprint density at radius 2 is 2.43 bits per heavy atom. The Labute approximate surface area is 44.1 Å². The first-order valence-electron chi connectivity index (χ1n) is 3.20. The highest BCUT2D eigenvalue weighted by Crippen LogP contribution is 2.36. The van der Waals surface area contributed by atoms with E-state index in [0.29, 0.717) is 0 Å². The minimum atomic E-state index is 0.953. The quantitative estimate of drug-likeness (QED) is 0.470. The molecule has 0 aromatic heterocycles. The van der Waals surface area contributed by atoms with E-state index in [4.69, 9.17) is 0 Å². The Hall–Kier alpha value is -0.0400. The van der Waals surface area contributed by atoms with Crippen LogP contribution in [0.5, 0.6) is 0 Å². The van der Waals surface area contributed by atoms with Crippen molar-refractivity contribution in [2.24, 2.45) is 5.92 Å². The van der Waals surface area contributed by atoms with E-state index in [1.807, 2.05) is 0 Å². The van der Waals surface area contributed by atoms with Crippen molar-refractivity contribution in [2.45, 2.75) is 25.3 Å². The van der Waals surface area contributed by atoms with E-state index < -0.39 is 0 Å². The highest BCUT2D eigenvalue weighted by Gasteiger charge is 2.37. The Morgan fingerprint density at radius 3 is 3.00 bits per heavy atom. The lowest BCUT2D eigenvalue weighted by molar-refractivity contribution is 0.505. The van der Waals surface area contributed by atoms with Crippen molar-refractivity contribution in [1.29, 1.82) is 0 Å². The molecule has 0 spiro atoms. The summed E-state index contributed by atoms with van der Waals surface area (Å²) in [6.07, 6.45) is 4.39. The molecular formula is C6H11N. The normalized spacial score (nSPS) is 48.0. The average molecular weight is 97.2 g/mol. The van der Waals surface area contributed by atoms with Crippen LogP contribution in [0.15, 0.2) is 0 Å². The van der Waals surface area contributed by atoms with Gasteiger partial charge in [0.05, 0.1) is 0 Å². The van der Waals surface area contributed by atoms with Gasteiger partial charge in [0, 0.05) is 6.04 Å². The summed E-state index contributed by atoms with van der Waals surface area (Å²) < 4.78 is 0. The fourth-order valence-electron chi connectivity index (χ4n) is 1.47. The predicted molar refractivity (Wildman–Crippen MR) is 29.1 cm³/mol. The number of rotatable bonds is 0. The molecule has 1 nitrogen and oxygen atoms in total. The number of fused-ring (bicyclic) bond motifs is 1. The highest BCUT2D eigenvalue weighted by molar-refractivity contribution is 4.95. The summed E-state index contributed by atoms with van der Waals surface area (Å²) in [4.78, 5) is 0. The van der Waals surface area contributed by atoms with Crippen LogP contribution in [0.25, 0.3) is 0 Å². The fourth-order valence-corrected chi connectivity index (χ4v) is 1.47. The zero-order valence-corrected chi connectivity index (χ0v) is 4.48. The maximum absolute atomic E-state index is 3.46. The lowest BCUT2D eigenvalue weighted by Gasteiger charge is -2.08. The summed E-state index contributed by atoms with van der Waals surface area (Å²) in [5.41, 5.74) is 0. The first kappa shape index (κ1) is 3.90. The zero-order chi connectivity index (χ0) is 4.69. The highest BCUT2D eigenvalue weighted by atomic mass is 15.0. The van der Waals surface area contributed by atoms with Crippen LogP contribution in [0.4, 0.5) is 0 Å². The molecule has 2 rings (SSSR count). The molecule has 1 saturated carbocycles. The van der Waals surface area contributed by atoms with Gasteiger partial charge in [-0.25, -0.2) is 0 Å². The van der Waals surface area contributed by atoms with Crippen LogP contribution in [0.1, 0.15) is 19.3 Å². The second-order valence-corrected chi connectivity index (χ2v) is 2.70. The summed E-state index contributed by atoms with van der Waals surface area (Å²) in [5.74, 6) is 1.09. The van der Waals surface area contributed by atoms with Gasteiger partial charge in [-0.05, 0) is 31.7 Å². The number of piperidine rings is 1. The smallest absolute Gasteiger partial charge is 0.00991 e. The molecule has 0 amide bonds. The molecule has 0 aromatic carbocycles. The maximum Gasteiger partial charge on any atom is 0.00991 e. The summed E-state index contributed by atoms with van der Waals surface area (Å²) >= 11 is 0. The van der Waals surface area contributed by atoms with Gasteiger partial charge in [0.1, 0.15) is 0 Å². The van der Waals surface area contributed by atoms with Crippen molar-refractivity contribution in [3.05, 3.63) is 0 Å². The first-order chi connectivity index (χ1) is 3.47. The standard InChI is InChI=1S/C6H11N/c1-2-5-4-6(5)7-3-1/h5-7H,1-4H2/t5-,6+/m1/s1. The van der Waals surface area contributed by atoms with Gasteiger partial charge in [0.2, 0.25) is 0 Å². The van der Waals surface area contributed by atoms with Gasteiger partial charge in [-0.15, -0.1) is 0 Å². The summed E-state index contributed by atoms with van der Waals surface area (Å²) in [6.45, 7) is 1.28. The molecule has 7 heavy (non-hydrogen) atoms. The molecule has 2 aliphatic rings. The molecule has 2 fully saturated rings. The molecule has 1 aliphatic heterocycles. The van der Waals surface area contributed by atoms with Crippen LogP contribution in [0, 0.1) is 5.92 Å². The molecule has 1 heteroatoms. The third kappa shape index (κ3) is 0.556. The van der Waals surface area contributed by atoms with E-state index in [0.717, 1.165) is 12.0 Å². The Morgan fingerprint density at radius 1 is 1.43 bits per heavy atom. The van der Waals surface area contributed by atoms with Crippen molar-refractivity contribution in [1.82, 2.24) is 5.32 Å². The third-order valence-electron chi connectivity index (χ3n) is 2.08. The largest absolute Gasteiger partial charge is 0.314 e. The van der Waals surface area contributed by atoms with E-state index in [1.54, 1.807) is 0 Å². The average Bonchev–Trinajstić information content (AvgIpc) is 2.41. The monoisotopic (exact) mass is 97.1 g/mol. The van der Waals surface area contributed by atoms with Crippen molar-refractivity contribution in [3.8, 4) is 0 Å². The molecule has 40 valence electrons. The van der Waals surface area contributed by atoms with E-state index in [-0.39, 0.29) is 0 Å². The molecule has 2 atom stereocenters. The first-order valence-corrected chi connectivity index (χ1v) is 3.20. The van der Waals surface area contributed by atoms with Gasteiger partial charge in [-0.3, -0.25) is 0 Å². The van der Waals surface area contributed by atoms with Crippen molar-refractivity contribution in [2.75, 3.05) is 6.54 Å². The zero-order valence-electron chi connectivity index (χ0n) is 4.48. The summed E-state index contributed by atoms with van der Waals surface area (Å²) in [6, 6.07) is 0.953. The molecule has 1 aliphatic carbocycles. The van der Waals surface area contributed by atoms with Crippen LogP contribution in [-0.4, -0.2) is 12.6 Å². The lowest BCUT2D eigenvalue weighted by Crippen LogP contribution is -2.23. The number of hydrogen-bond acceptors (Lipinski definition) is 1. The SMILES string of the molecule is C1CN[C@H]2C[C@H]2C1. The van der Waals surface area contributed by atoms with E-state index in [1.165, 1.54) is 25.8 Å². The third-order valence-corrected chi connectivity index (χ3v) is 2.08. The topological polar surface area (TPSA) is 12.0 Å². The van der Waals surface area contributed by atoms with Gasteiger partial charge >= 0.3 is 0 Å². The van der Waals surface area contributed by atoms with E-state index in [2.05, 4.69) is 5.32 Å². The molecule has 1 N–H and O–H groups in total. The molecule has 1 heterocycles. The van der Waals surface area contributed by atoms with Gasteiger partial charge in [-0.1, -0.05) is 0 Å². The Balaban J connectivity index is 1.95. The summed E-state index contributed by atoms with van der Waals surface area (Å²) in [5, 5.41) is 3.46. The van der Waals surface area contributed by atoms with E-state index >= 15 is 0 Å². The van der Waals surface area contributed by atoms with Gasteiger partial charge in [-0.2, -0.15) is 0 Å².